The smallest absolute Gasteiger partial charge is 0.193 e. The van der Waals surface area contributed by atoms with Gasteiger partial charge in [-0.25, -0.2) is 4.98 Å². The van der Waals surface area contributed by atoms with Crippen molar-refractivity contribution in [2.24, 2.45) is 0 Å². The molecule has 3 nitrogen and oxygen atoms in total. The molecule has 4 heteroatoms. The minimum Gasteiger partial charge on any atom is -0.234 e. The van der Waals surface area contributed by atoms with Gasteiger partial charge in [0.15, 0.2) is 5.65 Å². The summed E-state index contributed by atoms with van der Waals surface area (Å²) < 4.78 is 8.03. The Balaban J connectivity index is 2.86. The van der Waals surface area contributed by atoms with E-state index in [-0.39, 0.29) is 0 Å². The summed E-state index contributed by atoms with van der Waals surface area (Å²) >= 11 is 1.20. The van der Waals surface area contributed by atoms with Gasteiger partial charge in [0.05, 0.1) is 11.7 Å². The molecule has 2 heterocycles. The summed E-state index contributed by atoms with van der Waals surface area (Å²) in [5, 5.41) is 0. The summed E-state index contributed by atoms with van der Waals surface area (Å²) in [6.07, 6.45) is 1.80. The summed E-state index contributed by atoms with van der Waals surface area (Å²) in [5.41, 5.74) is 2.76. The van der Waals surface area contributed by atoms with Gasteiger partial charge in [-0.1, -0.05) is 0 Å². The molecule has 0 fully saturated rings. The van der Waals surface area contributed by atoms with E-state index in [1.165, 1.54) is 11.7 Å². The SMILES string of the molecule is Cc1cnc2nsnc2c1. The molecule has 0 saturated carbocycles. The summed E-state index contributed by atoms with van der Waals surface area (Å²) in [6, 6.07) is 1.98. The van der Waals surface area contributed by atoms with E-state index in [1.54, 1.807) is 6.20 Å². The van der Waals surface area contributed by atoms with Crippen molar-refractivity contribution in [2.45, 2.75) is 6.92 Å². The Labute approximate surface area is 62.1 Å². The molecule has 2 aromatic rings. The fraction of sp³-hybridized carbons (Fsp3) is 0.167. The zero-order chi connectivity index (χ0) is 6.97. The third-order valence-electron chi connectivity index (χ3n) is 1.25. The maximum absolute atomic E-state index is 4.08. The van der Waals surface area contributed by atoms with Gasteiger partial charge in [-0.15, -0.1) is 0 Å². The molecule has 0 N–H and O–H groups in total. The molecule has 0 aliphatic rings. The van der Waals surface area contributed by atoms with Crippen LogP contribution in [0.4, 0.5) is 0 Å². The number of nitrogens with zero attached hydrogens (tertiary/aromatic N) is 3. The molecule has 0 aromatic carbocycles. The van der Waals surface area contributed by atoms with Crippen LogP contribution in [-0.2, 0) is 0 Å². The van der Waals surface area contributed by atoms with Crippen LogP contribution in [0.3, 0.4) is 0 Å². The highest BCUT2D eigenvalue weighted by Crippen LogP contribution is 2.08. The van der Waals surface area contributed by atoms with Gasteiger partial charge in [-0.2, -0.15) is 8.75 Å². The quantitative estimate of drug-likeness (QED) is 0.571. The monoisotopic (exact) mass is 151 g/mol. The molecule has 0 aliphatic heterocycles. The Bertz CT molecular complexity index is 355. The van der Waals surface area contributed by atoms with Crippen molar-refractivity contribution >= 4 is 22.9 Å². The Morgan fingerprint density at radius 2 is 2.30 bits per heavy atom. The first-order valence-corrected chi connectivity index (χ1v) is 3.64. The number of aryl methyl sites for hydroxylation is 1. The molecular weight excluding hydrogens is 146 g/mol. The molecule has 0 spiro atoms. The van der Waals surface area contributed by atoms with Gasteiger partial charge in [0.1, 0.15) is 5.52 Å². The van der Waals surface area contributed by atoms with Crippen LogP contribution in [0, 0.1) is 6.92 Å². The Kier molecular flexibility index (Phi) is 1.14. The highest BCUT2D eigenvalue weighted by Gasteiger charge is 1.96. The van der Waals surface area contributed by atoms with Gasteiger partial charge in [-0.3, -0.25) is 0 Å². The van der Waals surface area contributed by atoms with E-state index in [2.05, 4.69) is 13.7 Å². The molecule has 0 amide bonds. The van der Waals surface area contributed by atoms with Crippen LogP contribution in [0.2, 0.25) is 0 Å². The molecule has 0 atom stereocenters. The molecule has 0 unspecified atom stereocenters. The van der Waals surface area contributed by atoms with Crippen molar-refractivity contribution in [3.05, 3.63) is 17.8 Å². The van der Waals surface area contributed by atoms with Crippen molar-refractivity contribution in [1.82, 2.24) is 13.7 Å². The topological polar surface area (TPSA) is 38.7 Å². The van der Waals surface area contributed by atoms with Gasteiger partial charge < -0.3 is 0 Å². The molecule has 0 radical (unpaired) electrons. The van der Waals surface area contributed by atoms with Crippen LogP contribution in [0.1, 0.15) is 5.56 Å². The lowest BCUT2D eigenvalue weighted by Crippen LogP contribution is -1.77. The van der Waals surface area contributed by atoms with Crippen LogP contribution in [-0.4, -0.2) is 13.7 Å². The first-order chi connectivity index (χ1) is 4.86. The fourth-order valence-electron chi connectivity index (χ4n) is 0.787. The average Bonchev–Trinajstić information content (AvgIpc) is 2.33. The van der Waals surface area contributed by atoms with E-state index >= 15 is 0 Å². The third-order valence-corrected chi connectivity index (χ3v) is 1.78. The highest BCUT2D eigenvalue weighted by atomic mass is 32.1. The molecular formula is C6H5N3S. The largest absolute Gasteiger partial charge is 0.234 e. The molecule has 0 saturated heterocycles. The van der Waals surface area contributed by atoms with E-state index in [9.17, 15) is 0 Å². The summed E-state index contributed by atoms with van der Waals surface area (Å²) in [5.74, 6) is 0. The number of rotatable bonds is 0. The van der Waals surface area contributed by atoms with Crippen LogP contribution < -0.4 is 0 Å². The van der Waals surface area contributed by atoms with Crippen molar-refractivity contribution in [1.29, 1.82) is 0 Å². The standard InChI is InChI=1S/C6H5N3S/c1-4-2-5-6(7-3-4)9-10-8-5/h2-3H,1H3. The van der Waals surface area contributed by atoms with Crippen LogP contribution in [0.5, 0.6) is 0 Å². The van der Waals surface area contributed by atoms with E-state index < -0.39 is 0 Å². The second kappa shape index (κ2) is 1.98. The molecule has 0 bridgehead atoms. The van der Waals surface area contributed by atoms with Gasteiger partial charge in [0.2, 0.25) is 0 Å². The number of hydrogen-bond acceptors (Lipinski definition) is 4. The van der Waals surface area contributed by atoms with Gasteiger partial charge in [0.25, 0.3) is 0 Å². The minimum atomic E-state index is 0.746. The van der Waals surface area contributed by atoms with E-state index in [0.29, 0.717) is 0 Å². The van der Waals surface area contributed by atoms with Crippen molar-refractivity contribution in [2.75, 3.05) is 0 Å². The summed E-state index contributed by atoms with van der Waals surface area (Å²) in [6.45, 7) is 1.99. The predicted octanol–water partition coefficient (Wildman–Crippen LogP) is 1.39. The lowest BCUT2D eigenvalue weighted by molar-refractivity contribution is 1.30. The molecule has 2 rings (SSSR count). The Hall–Kier alpha value is -1.03. The van der Waals surface area contributed by atoms with Crippen molar-refractivity contribution in [3.8, 4) is 0 Å². The van der Waals surface area contributed by atoms with E-state index in [0.717, 1.165) is 16.7 Å². The summed E-state index contributed by atoms with van der Waals surface area (Å²) in [7, 11) is 0. The van der Waals surface area contributed by atoms with Gasteiger partial charge in [0, 0.05) is 6.20 Å². The highest BCUT2D eigenvalue weighted by molar-refractivity contribution is 7.00. The van der Waals surface area contributed by atoms with Crippen LogP contribution >= 0.6 is 11.7 Å². The number of aromatic nitrogens is 3. The Morgan fingerprint density at radius 1 is 1.40 bits per heavy atom. The van der Waals surface area contributed by atoms with Crippen molar-refractivity contribution < 1.29 is 0 Å². The number of fused-ring (bicyclic) bond motifs is 1. The number of hydrogen-bond donors (Lipinski definition) is 0. The lowest BCUT2D eigenvalue weighted by atomic mass is 10.3. The molecule has 10 heavy (non-hydrogen) atoms. The zero-order valence-corrected chi connectivity index (χ0v) is 6.22. The van der Waals surface area contributed by atoms with E-state index in [1.807, 2.05) is 13.0 Å². The maximum Gasteiger partial charge on any atom is 0.193 e. The average molecular weight is 151 g/mol. The van der Waals surface area contributed by atoms with E-state index in [4.69, 9.17) is 0 Å². The second-order valence-corrected chi connectivity index (χ2v) is 2.65. The van der Waals surface area contributed by atoms with Crippen molar-refractivity contribution in [3.63, 3.8) is 0 Å². The summed E-state index contributed by atoms with van der Waals surface area (Å²) in [4.78, 5) is 4.08. The van der Waals surface area contributed by atoms with Crippen LogP contribution in [0.15, 0.2) is 12.3 Å². The van der Waals surface area contributed by atoms with Crippen LogP contribution in [0.25, 0.3) is 11.2 Å². The van der Waals surface area contributed by atoms with Gasteiger partial charge in [-0.05, 0) is 18.6 Å². The third kappa shape index (κ3) is 0.769. The van der Waals surface area contributed by atoms with Gasteiger partial charge >= 0.3 is 0 Å². The molecule has 50 valence electrons. The molecule has 0 aliphatic carbocycles. The molecule has 2 aromatic heterocycles. The predicted molar refractivity (Wildman–Crippen MR) is 39.9 cm³/mol. The Morgan fingerprint density at radius 3 is 3.20 bits per heavy atom. The first-order valence-electron chi connectivity index (χ1n) is 2.91. The maximum atomic E-state index is 4.08. The first kappa shape index (κ1) is 5.73. The zero-order valence-electron chi connectivity index (χ0n) is 5.40. The second-order valence-electron chi connectivity index (χ2n) is 2.12. The minimum absolute atomic E-state index is 0.746. The fourth-order valence-corrected chi connectivity index (χ4v) is 1.27. The lowest BCUT2D eigenvalue weighted by Gasteiger charge is -1.86. The normalized spacial score (nSPS) is 10.5. The number of pyridine rings is 1.